The molecule has 4 nitrogen and oxygen atoms in total. The number of nitrogens with one attached hydrogen (secondary N) is 2. The molecule has 2 amide bonds. The third-order valence-corrected chi connectivity index (χ3v) is 4.67. The predicted octanol–water partition coefficient (Wildman–Crippen LogP) is 4.76. The van der Waals surface area contributed by atoms with Crippen molar-refractivity contribution >= 4 is 29.1 Å². The lowest BCUT2D eigenvalue weighted by molar-refractivity contribution is -0.120. The largest absolute Gasteiger partial charge is 0.352 e. The summed E-state index contributed by atoms with van der Waals surface area (Å²) in [4.78, 5) is 24.5. The molecule has 0 heterocycles. The van der Waals surface area contributed by atoms with E-state index >= 15 is 0 Å². The first-order valence-electron chi connectivity index (χ1n) is 8.98. The average Bonchev–Trinajstić information content (AvgIpc) is 2.69. The predicted molar refractivity (Wildman–Crippen MR) is 113 cm³/mol. The van der Waals surface area contributed by atoms with Crippen LogP contribution in [0.4, 0.5) is 5.69 Å². The Balaban J connectivity index is 1.57. The third kappa shape index (κ3) is 5.44. The summed E-state index contributed by atoms with van der Waals surface area (Å²) in [6.45, 7) is 2.35. The van der Waals surface area contributed by atoms with Crippen LogP contribution in [0.15, 0.2) is 72.8 Å². The Morgan fingerprint density at radius 2 is 1.68 bits per heavy atom. The minimum Gasteiger partial charge on any atom is -0.352 e. The summed E-state index contributed by atoms with van der Waals surface area (Å²) in [6.07, 6.45) is 0.226. The van der Waals surface area contributed by atoms with E-state index in [1.807, 2.05) is 61.5 Å². The Morgan fingerprint density at radius 3 is 2.43 bits per heavy atom. The molecule has 3 aromatic carbocycles. The Kier molecular flexibility index (Phi) is 6.45. The number of aryl methyl sites for hydroxylation is 1. The SMILES string of the molecule is Cc1ccc(C(=O)Nc2cccc(CNC(=O)Cc3ccccc3Cl)c2)cc1. The second kappa shape index (κ2) is 9.20. The van der Waals surface area contributed by atoms with Gasteiger partial charge in [0.1, 0.15) is 0 Å². The van der Waals surface area contributed by atoms with Gasteiger partial charge in [0.25, 0.3) is 5.91 Å². The van der Waals surface area contributed by atoms with Gasteiger partial charge in [0.05, 0.1) is 6.42 Å². The van der Waals surface area contributed by atoms with Crippen LogP contribution >= 0.6 is 11.6 Å². The summed E-state index contributed by atoms with van der Waals surface area (Å²) in [5.41, 5.74) is 4.08. The van der Waals surface area contributed by atoms with Gasteiger partial charge in [-0.2, -0.15) is 0 Å². The Hall–Kier alpha value is -3.11. The minimum absolute atomic E-state index is 0.109. The molecular formula is C23H21ClN2O2. The summed E-state index contributed by atoms with van der Waals surface area (Å²) >= 11 is 6.09. The zero-order valence-electron chi connectivity index (χ0n) is 15.5. The molecule has 0 bridgehead atoms. The van der Waals surface area contributed by atoms with Gasteiger partial charge in [0, 0.05) is 22.8 Å². The number of halogens is 1. The number of benzene rings is 3. The number of carbonyl (C=O) groups is 2. The molecule has 0 aliphatic rings. The highest BCUT2D eigenvalue weighted by atomic mass is 35.5. The standard InChI is InChI=1S/C23H21ClN2O2/c1-16-9-11-18(12-10-16)23(28)26-20-7-4-5-17(13-20)15-25-22(27)14-19-6-2-3-8-21(19)24/h2-13H,14-15H2,1H3,(H,25,27)(H,26,28). The van der Waals surface area contributed by atoms with Gasteiger partial charge in [0.15, 0.2) is 0 Å². The van der Waals surface area contributed by atoms with E-state index in [2.05, 4.69) is 10.6 Å². The number of anilines is 1. The van der Waals surface area contributed by atoms with Crippen molar-refractivity contribution in [2.45, 2.75) is 19.9 Å². The van der Waals surface area contributed by atoms with Crippen LogP contribution in [0.1, 0.15) is 27.0 Å². The van der Waals surface area contributed by atoms with Gasteiger partial charge < -0.3 is 10.6 Å². The van der Waals surface area contributed by atoms with Gasteiger partial charge in [-0.3, -0.25) is 9.59 Å². The van der Waals surface area contributed by atoms with Crippen LogP contribution in [0.25, 0.3) is 0 Å². The second-order valence-corrected chi connectivity index (χ2v) is 6.97. The molecule has 0 saturated heterocycles. The minimum atomic E-state index is -0.167. The van der Waals surface area contributed by atoms with Gasteiger partial charge >= 0.3 is 0 Å². The lowest BCUT2D eigenvalue weighted by Crippen LogP contribution is -2.24. The zero-order valence-corrected chi connectivity index (χ0v) is 16.3. The summed E-state index contributed by atoms with van der Waals surface area (Å²) in [6, 6.07) is 22.1. The van der Waals surface area contributed by atoms with Crippen LogP contribution in [0.2, 0.25) is 5.02 Å². The van der Waals surface area contributed by atoms with E-state index in [0.717, 1.165) is 16.7 Å². The van der Waals surface area contributed by atoms with E-state index < -0.39 is 0 Å². The van der Waals surface area contributed by atoms with Crippen molar-refractivity contribution in [2.24, 2.45) is 0 Å². The first kappa shape index (κ1) is 19.6. The first-order valence-corrected chi connectivity index (χ1v) is 9.36. The summed E-state index contributed by atoms with van der Waals surface area (Å²) in [5.74, 6) is -0.276. The number of rotatable bonds is 6. The quantitative estimate of drug-likeness (QED) is 0.635. The van der Waals surface area contributed by atoms with Crippen LogP contribution in [-0.2, 0) is 17.8 Å². The van der Waals surface area contributed by atoms with Crippen LogP contribution in [0.3, 0.4) is 0 Å². The molecular weight excluding hydrogens is 372 g/mol. The van der Waals surface area contributed by atoms with Gasteiger partial charge in [-0.15, -0.1) is 0 Å². The van der Waals surface area contributed by atoms with Crippen molar-refractivity contribution in [1.82, 2.24) is 5.32 Å². The van der Waals surface area contributed by atoms with E-state index in [-0.39, 0.29) is 18.2 Å². The average molecular weight is 393 g/mol. The highest BCUT2D eigenvalue weighted by Crippen LogP contribution is 2.16. The molecule has 0 aromatic heterocycles. The maximum Gasteiger partial charge on any atom is 0.255 e. The zero-order chi connectivity index (χ0) is 19.9. The molecule has 0 fully saturated rings. The molecule has 0 spiro atoms. The van der Waals surface area contributed by atoms with E-state index in [1.54, 1.807) is 18.2 Å². The fourth-order valence-electron chi connectivity index (χ4n) is 2.75. The molecule has 2 N–H and O–H groups in total. The Labute approximate surface area is 169 Å². The monoisotopic (exact) mass is 392 g/mol. The molecule has 0 aliphatic heterocycles. The van der Waals surface area contributed by atoms with Crippen molar-refractivity contribution in [3.8, 4) is 0 Å². The molecule has 28 heavy (non-hydrogen) atoms. The van der Waals surface area contributed by atoms with Crippen molar-refractivity contribution in [3.63, 3.8) is 0 Å². The summed E-state index contributed by atoms with van der Waals surface area (Å²) in [5, 5.41) is 6.35. The third-order valence-electron chi connectivity index (χ3n) is 4.30. The highest BCUT2D eigenvalue weighted by molar-refractivity contribution is 6.31. The number of amides is 2. The molecule has 5 heteroatoms. The van der Waals surface area contributed by atoms with Crippen molar-refractivity contribution < 1.29 is 9.59 Å². The lowest BCUT2D eigenvalue weighted by atomic mass is 10.1. The van der Waals surface area contributed by atoms with Crippen LogP contribution in [0, 0.1) is 6.92 Å². The van der Waals surface area contributed by atoms with Crippen molar-refractivity contribution in [3.05, 3.63) is 100 Å². The molecule has 0 atom stereocenters. The van der Waals surface area contributed by atoms with Gasteiger partial charge in [-0.05, 0) is 48.4 Å². The molecule has 3 aromatic rings. The molecule has 0 unspecified atom stereocenters. The smallest absolute Gasteiger partial charge is 0.255 e. The Bertz CT molecular complexity index is 984. The normalized spacial score (nSPS) is 10.4. The van der Waals surface area contributed by atoms with E-state index in [1.165, 1.54) is 0 Å². The number of hydrogen-bond donors (Lipinski definition) is 2. The van der Waals surface area contributed by atoms with Crippen LogP contribution in [-0.4, -0.2) is 11.8 Å². The van der Waals surface area contributed by atoms with Gasteiger partial charge in [-0.25, -0.2) is 0 Å². The van der Waals surface area contributed by atoms with Crippen molar-refractivity contribution in [2.75, 3.05) is 5.32 Å². The summed E-state index contributed by atoms with van der Waals surface area (Å²) in [7, 11) is 0. The molecule has 0 aliphatic carbocycles. The fraction of sp³-hybridized carbons (Fsp3) is 0.130. The van der Waals surface area contributed by atoms with E-state index in [9.17, 15) is 9.59 Å². The lowest BCUT2D eigenvalue weighted by Gasteiger charge is -2.09. The maximum absolute atomic E-state index is 12.3. The second-order valence-electron chi connectivity index (χ2n) is 6.57. The highest BCUT2D eigenvalue weighted by Gasteiger charge is 2.08. The molecule has 0 saturated carbocycles. The van der Waals surface area contributed by atoms with E-state index in [4.69, 9.17) is 11.6 Å². The summed E-state index contributed by atoms with van der Waals surface area (Å²) < 4.78 is 0. The van der Waals surface area contributed by atoms with Crippen molar-refractivity contribution in [1.29, 1.82) is 0 Å². The number of carbonyl (C=O) groups excluding carboxylic acids is 2. The van der Waals surface area contributed by atoms with E-state index in [0.29, 0.717) is 22.8 Å². The number of hydrogen-bond acceptors (Lipinski definition) is 2. The maximum atomic E-state index is 12.3. The van der Waals surface area contributed by atoms with Crippen LogP contribution < -0.4 is 10.6 Å². The van der Waals surface area contributed by atoms with Gasteiger partial charge in [-0.1, -0.05) is 59.6 Å². The van der Waals surface area contributed by atoms with Gasteiger partial charge in [0.2, 0.25) is 5.91 Å². The fourth-order valence-corrected chi connectivity index (χ4v) is 2.95. The molecule has 0 radical (unpaired) electrons. The molecule has 3 rings (SSSR count). The molecule has 142 valence electrons. The van der Waals surface area contributed by atoms with Crippen LogP contribution in [0.5, 0.6) is 0 Å². The first-order chi connectivity index (χ1) is 13.5. The Morgan fingerprint density at radius 1 is 0.929 bits per heavy atom. The topological polar surface area (TPSA) is 58.2 Å².